The highest BCUT2D eigenvalue weighted by molar-refractivity contribution is 5.93. The molecular weight excluding hydrogens is 300 g/mol. The molecule has 0 radical (unpaired) electrons. The minimum absolute atomic E-state index is 0.0466. The molecule has 4 aliphatic rings. The summed E-state index contributed by atoms with van der Waals surface area (Å²) in [4.78, 5) is 25.4. The van der Waals surface area contributed by atoms with E-state index < -0.39 is 5.41 Å². The van der Waals surface area contributed by atoms with Crippen LogP contribution in [0.15, 0.2) is 0 Å². The van der Waals surface area contributed by atoms with Gasteiger partial charge in [0, 0.05) is 17.8 Å². The lowest BCUT2D eigenvalue weighted by atomic mass is 9.44. The quantitative estimate of drug-likeness (QED) is 0.795. The number of hydrogen-bond acceptors (Lipinski definition) is 3. The predicted octanol–water partition coefficient (Wildman–Crippen LogP) is 3.77. The molecule has 4 saturated carbocycles. The predicted molar refractivity (Wildman–Crippen MR) is 92.3 cm³/mol. The molecule has 3 heteroatoms. The second kappa shape index (κ2) is 5.40. The summed E-state index contributed by atoms with van der Waals surface area (Å²) in [6.45, 7) is 6.18. The standard InChI is InChI=1S/C21H32O3/c1-12(22)16-6-7-17-15-5-4-13-10-14(23)8-9-20(13,2)18(15)11-19(24)21(16,17)3/h13-18,23H,4-11H2,1-3H3/t13-,14+,15?,16+,17?,18?,20-,21+/m0/s1. The molecular formula is C21H32O3. The molecule has 4 fully saturated rings. The van der Waals surface area contributed by atoms with E-state index >= 15 is 0 Å². The monoisotopic (exact) mass is 332 g/mol. The Morgan fingerprint density at radius 3 is 2.54 bits per heavy atom. The zero-order valence-corrected chi connectivity index (χ0v) is 15.4. The second-order valence-corrected chi connectivity index (χ2v) is 9.74. The summed E-state index contributed by atoms with van der Waals surface area (Å²) < 4.78 is 0. The smallest absolute Gasteiger partial charge is 0.140 e. The van der Waals surface area contributed by atoms with Crippen molar-refractivity contribution in [2.45, 2.75) is 78.2 Å². The number of rotatable bonds is 1. The fraction of sp³-hybridized carbons (Fsp3) is 0.905. The van der Waals surface area contributed by atoms with Crippen molar-refractivity contribution in [1.29, 1.82) is 0 Å². The first kappa shape index (κ1) is 16.8. The van der Waals surface area contributed by atoms with Gasteiger partial charge in [-0.1, -0.05) is 13.8 Å². The van der Waals surface area contributed by atoms with Crippen LogP contribution < -0.4 is 0 Å². The van der Waals surface area contributed by atoms with Crippen LogP contribution in [0.1, 0.15) is 72.1 Å². The van der Waals surface area contributed by atoms with E-state index in [9.17, 15) is 14.7 Å². The summed E-state index contributed by atoms with van der Waals surface area (Å²) in [5, 5.41) is 10.1. The number of aliphatic hydroxyl groups is 1. The zero-order chi connectivity index (χ0) is 17.3. The van der Waals surface area contributed by atoms with Gasteiger partial charge in [-0.15, -0.1) is 0 Å². The van der Waals surface area contributed by atoms with Gasteiger partial charge in [0.1, 0.15) is 11.6 Å². The summed E-state index contributed by atoms with van der Waals surface area (Å²) in [6, 6.07) is 0. The first-order valence-electron chi connectivity index (χ1n) is 10.00. The zero-order valence-electron chi connectivity index (χ0n) is 15.4. The molecule has 0 aromatic carbocycles. The molecule has 4 rings (SSSR count). The first-order chi connectivity index (χ1) is 11.3. The van der Waals surface area contributed by atoms with Gasteiger partial charge < -0.3 is 5.11 Å². The van der Waals surface area contributed by atoms with Gasteiger partial charge in [0.2, 0.25) is 0 Å². The Morgan fingerprint density at radius 2 is 1.83 bits per heavy atom. The van der Waals surface area contributed by atoms with Gasteiger partial charge >= 0.3 is 0 Å². The topological polar surface area (TPSA) is 54.4 Å². The normalized spacial score (nSPS) is 53.9. The van der Waals surface area contributed by atoms with Gasteiger partial charge in [0.05, 0.1) is 6.10 Å². The van der Waals surface area contributed by atoms with Crippen molar-refractivity contribution >= 4 is 11.6 Å². The highest BCUT2D eigenvalue weighted by Crippen LogP contribution is 2.66. The average molecular weight is 332 g/mol. The lowest BCUT2D eigenvalue weighted by Gasteiger charge is -2.60. The second-order valence-electron chi connectivity index (χ2n) is 9.74. The van der Waals surface area contributed by atoms with E-state index in [2.05, 4.69) is 13.8 Å². The van der Waals surface area contributed by atoms with E-state index in [1.807, 2.05) is 0 Å². The van der Waals surface area contributed by atoms with Gasteiger partial charge in [-0.05, 0) is 81.0 Å². The molecule has 8 atom stereocenters. The molecule has 0 aromatic rings. The Balaban J connectivity index is 1.68. The van der Waals surface area contributed by atoms with Crippen molar-refractivity contribution in [3.8, 4) is 0 Å². The van der Waals surface area contributed by atoms with Gasteiger partial charge in [0.15, 0.2) is 0 Å². The molecule has 1 N–H and O–H groups in total. The van der Waals surface area contributed by atoms with Gasteiger partial charge in [0.25, 0.3) is 0 Å². The van der Waals surface area contributed by atoms with Crippen LogP contribution in [0.2, 0.25) is 0 Å². The molecule has 0 bridgehead atoms. The SMILES string of the molecule is CC(=O)[C@H]1CCC2C3CC[C@H]4C[C@H](O)CC[C@]4(C)C3CC(=O)[C@@]21C. The molecule has 0 aliphatic heterocycles. The number of carbonyl (C=O) groups is 2. The Morgan fingerprint density at radius 1 is 1.08 bits per heavy atom. The Hall–Kier alpha value is -0.700. The maximum atomic E-state index is 13.2. The Kier molecular flexibility index (Phi) is 3.77. The third-order valence-corrected chi connectivity index (χ3v) is 8.99. The van der Waals surface area contributed by atoms with E-state index in [0.29, 0.717) is 35.9 Å². The van der Waals surface area contributed by atoms with E-state index in [1.54, 1.807) is 6.92 Å². The molecule has 0 spiro atoms. The number of aliphatic hydroxyl groups excluding tert-OH is 1. The molecule has 4 aliphatic carbocycles. The fourth-order valence-electron chi connectivity index (χ4n) is 7.59. The number of hydrogen-bond donors (Lipinski definition) is 1. The van der Waals surface area contributed by atoms with Crippen LogP contribution in [0.4, 0.5) is 0 Å². The molecule has 0 saturated heterocycles. The van der Waals surface area contributed by atoms with E-state index in [4.69, 9.17) is 0 Å². The van der Waals surface area contributed by atoms with Crippen LogP contribution in [0.3, 0.4) is 0 Å². The lowest BCUT2D eigenvalue weighted by Crippen LogP contribution is -2.57. The molecule has 0 amide bonds. The van der Waals surface area contributed by atoms with Crippen molar-refractivity contribution in [3.63, 3.8) is 0 Å². The number of carbonyl (C=O) groups excluding carboxylic acids is 2. The third-order valence-electron chi connectivity index (χ3n) is 8.99. The molecule has 24 heavy (non-hydrogen) atoms. The summed E-state index contributed by atoms with van der Waals surface area (Å²) in [7, 11) is 0. The summed E-state index contributed by atoms with van der Waals surface area (Å²) in [5.41, 5.74) is -0.183. The molecule has 3 nitrogen and oxygen atoms in total. The number of Topliss-reactive ketones (excluding diaryl/α,β-unsaturated/α-hetero) is 2. The largest absolute Gasteiger partial charge is 0.393 e. The van der Waals surface area contributed by atoms with Crippen molar-refractivity contribution in [3.05, 3.63) is 0 Å². The van der Waals surface area contributed by atoms with Crippen LogP contribution in [0, 0.1) is 40.4 Å². The van der Waals surface area contributed by atoms with E-state index in [0.717, 1.165) is 32.1 Å². The molecule has 0 aromatic heterocycles. The highest BCUT2D eigenvalue weighted by atomic mass is 16.3. The summed E-state index contributed by atoms with van der Waals surface area (Å²) >= 11 is 0. The minimum Gasteiger partial charge on any atom is -0.393 e. The van der Waals surface area contributed by atoms with Crippen LogP contribution >= 0.6 is 0 Å². The Bertz CT molecular complexity index is 569. The minimum atomic E-state index is -0.398. The number of fused-ring (bicyclic) bond motifs is 5. The molecule has 0 heterocycles. The van der Waals surface area contributed by atoms with E-state index in [-0.39, 0.29) is 23.2 Å². The van der Waals surface area contributed by atoms with Crippen LogP contribution in [-0.4, -0.2) is 22.8 Å². The lowest BCUT2D eigenvalue weighted by molar-refractivity contribution is -0.161. The van der Waals surface area contributed by atoms with Crippen LogP contribution in [-0.2, 0) is 9.59 Å². The maximum absolute atomic E-state index is 13.2. The van der Waals surface area contributed by atoms with Crippen LogP contribution in [0.5, 0.6) is 0 Å². The maximum Gasteiger partial charge on any atom is 0.140 e. The summed E-state index contributed by atoms with van der Waals surface area (Å²) in [6.07, 6.45) is 7.75. The average Bonchev–Trinajstić information content (AvgIpc) is 2.88. The molecule has 3 unspecified atom stereocenters. The first-order valence-corrected chi connectivity index (χ1v) is 10.00. The number of ketones is 2. The van der Waals surface area contributed by atoms with Gasteiger partial charge in [-0.2, -0.15) is 0 Å². The van der Waals surface area contributed by atoms with Crippen LogP contribution in [0.25, 0.3) is 0 Å². The van der Waals surface area contributed by atoms with Crippen molar-refractivity contribution in [2.75, 3.05) is 0 Å². The van der Waals surface area contributed by atoms with Gasteiger partial charge in [-0.25, -0.2) is 0 Å². The van der Waals surface area contributed by atoms with Crippen molar-refractivity contribution in [2.24, 2.45) is 40.4 Å². The fourth-order valence-corrected chi connectivity index (χ4v) is 7.59. The molecule has 134 valence electrons. The highest BCUT2D eigenvalue weighted by Gasteiger charge is 2.64. The van der Waals surface area contributed by atoms with E-state index in [1.165, 1.54) is 12.8 Å². The Labute approximate surface area is 145 Å². The van der Waals surface area contributed by atoms with Gasteiger partial charge in [-0.3, -0.25) is 9.59 Å². The van der Waals surface area contributed by atoms with Crippen molar-refractivity contribution in [1.82, 2.24) is 0 Å². The summed E-state index contributed by atoms with van der Waals surface area (Å²) in [5.74, 6) is 2.59. The third kappa shape index (κ3) is 2.06. The van der Waals surface area contributed by atoms with Crippen molar-refractivity contribution < 1.29 is 14.7 Å².